The number of benzene rings is 1. The normalized spacial score (nSPS) is 13.4. The summed E-state index contributed by atoms with van der Waals surface area (Å²) >= 11 is 3.14. The molecule has 116 valence electrons. The Morgan fingerprint density at radius 3 is 2.57 bits per heavy atom. The van der Waals surface area contributed by atoms with Gasteiger partial charge in [0.2, 0.25) is 5.75 Å². The van der Waals surface area contributed by atoms with E-state index in [1.807, 2.05) is 0 Å². The molecule has 0 heterocycles. The molecular weight excluding hydrogens is 346 g/mol. The zero-order valence-corrected chi connectivity index (χ0v) is 13.4. The fraction of sp³-hybridized carbons (Fsp3) is 0.462. The highest BCUT2D eigenvalue weighted by Gasteiger charge is 2.27. The van der Waals surface area contributed by atoms with Crippen LogP contribution in [0.15, 0.2) is 16.6 Å². The minimum absolute atomic E-state index is 0.140. The van der Waals surface area contributed by atoms with Crippen molar-refractivity contribution in [2.24, 2.45) is 0 Å². The molecule has 0 aliphatic rings. The van der Waals surface area contributed by atoms with Crippen molar-refractivity contribution >= 4 is 27.6 Å². The average molecular weight is 362 g/mol. The fourth-order valence-corrected chi connectivity index (χ4v) is 2.12. The number of carbonyl (C=O) groups excluding carboxylic acids is 1. The van der Waals surface area contributed by atoms with Gasteiger partial charge in [-0.1, -0.05) is 15.9 Å². The lowest BCUT2D eigenvalue weighted by atomic mass is 10.1. The maximum Gasteiger partial charge on any atom is 0.347 e. The molecule has 0 amide bonds. The number of esters is 1. The second-order valence-corrected chi connectivity index (χ2v) is 5.20. The van der Waals surface area contributed by atoms with Crippen LogP contribution in [0.3, 0.4) is 0 Å². The second kappa shape index (κ2) is 7.37. The van der Waals surface area contributed by atoms with E-state index in [2.05, 4.69) is 15.9 Å². The van der Waals surface area contributed by atoms with Gasteiger partial charge in [0.05, 0.1) is 17.6 Å². The molecule has 0 bridgehead atoms. The average Bonchev–Trinajstić information content (AvgIpc) is 2.39. The molecule has 0 aliphatic carbocycles. The van der Waals surface area contributed by atoms with Gasteiger partial charge >= 0.3 is 11.7 Å². The van der Waals surface area contributed by atoms with E-state index >= 15 is 0 Å². The highest BCUT2D eigenvalue weighted by atomic mass is 79.9. The molecule has 1 aromatic carbocycles. The maximum absolute atomic E-state index is 11.6. The van der Waals surface area contributed by atoms with Crippen molar-refractivity contribution < 1.29 is 24.3 Å². The highest BCUT2D eigenvalue weighted by Crippen LogP contribution is 2.38. The van der Waals surface area contributed by atoms with Gasteiger partial charge in [0, 0.05) is 16.1 Å². The number of ether oxygens (including phenoxy) is 2. The van der Waals surface area contributed by atoms with E-state index in [1.54, 1.807) is 6.92 Å². The largest absolute Gasteiger partial charge is 0.472 e. The summed E-state index contributed by atoms with van der Waals surface area (Å²) in [5.41, 5.74) is -0.122. The summed E-state index contributed by atoms with van der Waals surface area (Å²) < 4.78 is 10.6. The number of hydrogen-bond acceptors (Lipinski definition) is 6. The number of carbonyl (C=O) groups is 1. The van der Waals surface area contributed by atoms with Gasteiger partial charge in [0.25, 0.3) is 0 Å². The van der Waals surface area contributed by atoms with Crippen molar-refractivity contribution in [1.82, 2.24) is 0 Å². The zero-order chi connectivity index (χ0) is 16.2. The molecule has 0 spiro atoms. The van der Waals surface area contributed by atoms with Crippen molar-refractivity contribution in [3.05, 3.63) is 32.3 Å². The van der Waals surface area contributed by atoms with Gasteiger partial charge in [-0.2, -0.15) is 0 Å². The topological polar surface area (TPSA) is 98.9 Å². The molecule has 1 N–H and O–H groups in total. The lowest BCUT2D eigenvalue weighted by Crippen LogP contribution is -2.27. The molecule has 8 heteroatoms. The Morgan fingerprint density at radius 2 is 2.10 bits per heavy atom. The Hall–Kier alpha value is -1.67. The van der Waals surface area contributed by atoms with Gasteiger partial charge in [-0.05, 0) is 26.8 Å². The van der Waals surface area contributed by atoms with E-state index in [9.17, 15) is 20.0 Å². The molecule has 21 heavy (non-hydrogen) atoms. The molecule has 1 unspecified atom stereocenters. The lowest BCUT2D eigenvalue weighted by Gasteiger charge is -2.17. The molecule has 0 saturated heterocycles. The predicted octanol–water partition coefficient (Wildman–Crippen LogP) is 2.74. The molecule has 0 saturated carbocycles. The molecule has 7 nitrogen and oxygen atoms in total. The number of hydrogen-bond donors (Lipinski definition) is 1. The molecule has 0 fully saturated rings. The van der Waals surface area contributed by atoms with Crippen LogP contribution in [-0.2, 0) is 9.53 Å². The maximum atomic E-state index is 11.6. The fourth-order valence-electron chi connectivity index (χ4n) is 1.66. The molecule has 2 atom stereocenters. The summed E-state index contributed by atoms with van der Waals surface area (Å²) in [5.74, 6) is -0.773. The van der Waals surface area contributed by atoms with E-state index in [-0.39, 0.29) is 23.6 Å². The number of rotatable bonds is 6. The van der Waals surface area contributed by atoms with Crippen LogP contribution in [0.5, 0.6) is 5.75 Å². The van der Waals surface area contributed by atoms with Crippen molar-refractivity contribution in [2.45, 2.75) is 33.0 Å². The first-order valence-electron chi connectivity index (χ1n) is 6.27. The van der Waals surface area contributed by atoms with E-state index in [0.717, 1.165) is 0 Å². The Bertz CT molecular complexity index is 546. The summed E-state index contributed by atoms with van der Waals surface area (Å²) in [4.78, 5) is 22.1. The minimum atomic E-state index is -1.03. The summed E-state index contributed by atoms with van der Waals surface area (Å²) in [7, 11) is 0. The molecular formula is C13H16BrNO6. The minimum Gasteiger partial charge on any atom is -0.472 e. The number of aliphatic hydroxyl groups is 1. The van der Waals surface area contributed by atoms with Gasteiger partial charge in [0.15, 0.2) is 6.10 Å². The van der Waals surface area contributed by atoms with Crippen molar-refractivity contribution in [3.63, 3.8) is 0 Å². The predicted molar refractivity (Wildman–Crippen MR) is 78.2 cm³/mol. The monoisotopic (exact) mass is 361 g/mol. The quantitative estimate of drug-likeness (QED) is 0.475. The number of nitro benzene ring substituents is 1. The van der Waals surface area contributed by atoms with Gasteiger partial charge in [-0.3, -0.25) is 10.1 Å². The molecule has 0 radical (unpaired) electrons. The third-order valence-corrected chi connectivity index (χ3v) is 3.08. The summed E-state index contributed by atoms with van der Waals surface area (Å²) in [6, 6.07) is 2.75. The second-order valence-electron chi connectivity index (χ2n) is 4.29. The van der Waals surface area contributed by atoms with Crippen LogP contribution in [0.4, 0.5) is 5.69 Å². The van der Waals surface area contributed by atoms with Crippen LogP contribution in [0.25, 0.3) is 0 Å². The Balaban J connectivity index is 3.25. The Morgan fingerprint density at radius 1 is 1.48 bits per heavy atom. The van der Waals surface area contributed by atoms with Gasteiger partial charge in [0.1, 0.15) is 0 Å². The van der Waals surface area contributed by atoms with E-state index < -0.39 is 23.1 Å². The van der Waals surface area contributed by atoms with Crippen molar-refractivity contribution in [1.29, 1.82) is 0 Å². The molecule has 1 aromatic rings. The van der Waals surface area contributed by atoms with E-state index in [1.165, 1.54) is 26.0 Å². The zero-order valence-electron chi connectivity index (χ0n) is 11.8. The van der Waals surface area contributed by atoms with Crippen LogP contribution in [0.1, 0.15) is 32.4 Å². The van der Waals surface area contributed by atoms with E-state index in [0.29, 0.717) is 4.47 Å². The first kappa shape index (κ1) is 17.4. The van der Waals surface area contributed by atoms with Crippen LogP contribution in [-0.4, -0.2) is 28.7 Å². The molecule has 0 aromatic heterocycles. The first-order valence-corrected chi connectivity index (χ1v) is 7.06. The number of halogens is 1. The summed E-state index contributed by atoms with van der Waals surface area (Å²) in [6.07, 6.45) is -2.02. The van der Waals surface area contributed by atoms with E-state index in [4.69, 9.17) is 9.47 Å². The molecule has 1 rings (SSSR count). The third-order valence-electron chi connectivity index (χ3n) is 2.62. The highest BCUT2D eigenvalue weighted by molar-refractivity contribution is 9.10. The molecule has 0 aliphatic heterocycles. The van der Waals surface area contributed by atoms with Crippen LogP contribution in [0, 0.1) is 10.1 Å². The third kappa shape index (κ3) is 4.40. The van der Waals surface area contributed by atoms with Crippen LogP contribution in [0.2, 0.25) is 0 Å². The standard InChI is InChI=1S/C13H16BrNO6/c1-4-20-13(17)8(3)21-12-10(7(2)16)5-9(14)6-11(12)15(18)19/h5-8,16H,4H2,1-3H3/t7-,8?/m1/s1. The number of aliphatic hydroxyl groups excluding tert-OH is 1. The van der Waals surface area contributed by atoms with Crippen LogP contribution < -0.4 is 4.74 Å². The lowest BCUT2D eigenvalue weighted by molar-refractivity contribution is -0.386. The number of nitro groups is 1. The van der Waals surface area contributed by atoms with Gasteiger partial charge < -0.3 is 14.6 Å². The van der Waals surface area contributed by atoms with Gasteiger partial charge in [-0.15, -0.1) is 0 Å². The van der Waals surface area contributed by atoms with Gasteiger partial charge in [-0.25, -0.2) is 4.79 Å². The Labute approximate surface area is 130 Å². The SMILES string of the molecule is CCOC(=O)C(C)Oc1c([C@@H](C)O)cc(Br)cc1[N+](=O)[O-]. The summed E-state index contributed by atoms with van der Waals surface area (Å²) in [5, 5.41) is 20.9. The summed E-state index contributed by atoms with van der Waals surface area (Å²) in [6.45, 7) is 4.70. The van der Waals surface area contributed by atoms with Crippen molar-refractivity contribution in [2.75, 3.05) is 6.61 Å². The van der Waals surface area contributed by atoms with Crippen LogP contribution >= 0.6 is 15.9 Å². The van der Waals surface area contributed by atoms with Crippen molar-refractivity contribution in [3.8, 4) is 5.75 Å². The first-order chi connectivity index (χ1) is 9.77. The number of nitrogens with zero attached hydrogens (tertiary/aromatic N) is 1. The Kier molecular flexibility index (Phi) is 6.10. The smallest absolute Gasteiger partial charge is 0.347 e.